The Morgan fingerprint density at radius 2 is 1.88 bits per heavy atom. The Morgan fingerprint density at radius 3 is 2.69 bits per heavy atom. The summed E-state index contributed by atoms with van der Waals surface area (Å²) in [6.45, 7) is 0. The molecule has 16 heavy (non-hydrogen) atoms. The number of aromatic nitrogens is 2. The van der Waals surface area contributed by atoms with Crippen LogP contribution >= 0.6 is 0 Å². The predicted octanol–water partition coefficient (Wildman–Crippen LogP) is 2.72. The third kappa shape index (κ3) is 1.04. The standard InChI is InChI=1S/C12H8N2O2/c15-12(16)14-10-4-2-1-3-8(10)9-5-6-13-7-11(9)14/h1-7H,(H,15,16). The lowest BCUT2D eigenvalue weighted by Crippen LogP contribution is -2.06. The summed E-state index contributed by atoms with van der Waals surface area (Å²) >= 11 is 0. The normalized spacial score (nSPS) is 11.0. The first-order valence-electron chi connectivity index (χ1n) is 4.85. The minimum atomic E-state index is -0.987. The highest BCUT2D eigenvalue weighted by Crippen LogP contribution is 2.27. The molecule has 0 unspecified atom stereocenters. The van der Waals surface area contributed by atoms with Crippen molar-refractivity contribution < 1.29 is 9.90 Å². The summed E-state index contributed by atoms with van der Waals surface area (Å²) < 4.78 is 1.26. The molecule has 0 saturated carbocycles. The molecule has 3 aromatic rings. The van der Waals surface area contributed by atoms with E-state index in [9.17, 15) is 9.90 Å². The van der Waals surface area contributed by atoms with E-state index in [1.807, 2.05) is 24.3 Å². The number of carbonyl (C=O) groups is 1. The molecular formula is C12H8N2O2. The second-order valence-electron chi connectivity index (χ2n) is 3.53. The smallest absolute Gasteiger partial charge is 0.416 e. The van der Waals surface area contributed by atoms with Gasteiger partial charge in [0, 0.05) is 17.0 Å². The number of fused-ring (bicyclic) bond motifs is 3. The van der Waals surface area contributed by atoms with E-state index in [0.29, 0.717) is 11.0 Å². The molecule has 2 heterocycles. The van der Waals surface area contributed by atoms with Crippen LogP contribution in [-0.4, -0.2) is 20.8 Å². The number of hydrogen-bond donors (Lipinski definition) is 1. The third-order valence-electron chi connectivity index (χ3n) is 2.67. The van der Waals surface area contributed by atoms with Crippen molar-refractivity contribution in [2.75, 3.05) is 0 Å². The third-order valence-corrected chi connectivity index (χ3v) is 2.67. The van der Waals surface area contributed by atoms with E-state index in [1.54, 1.807) is 18.5 Å². The molecule has 1 N–H and O–H groups in total. The summed E-state index contributed by atoms with van der Waals surface area (Å²) in [5, 5.41) is 11.0. The van der Waals surface area contributed by atoms with Gasteiger partial charge < -0.3 is 5.11 Å². The van der Waals surface area contributed by atoms with E-state index in [1.165, 1.54) is 4.57 Å². The predicted molar refractivity (Wildman–Crippen MR) is 60.7 cm³/mol. The fourth-order valence-corrected chi connectivity index (χ4v) is 2.02. The van der Waals surface area contributed by atoms with E-state index in [2.05, 4.69) is 4.98 Å². The van der Waals surface area contributed by atoms with E-state index >= 15 is 0 Å². The lowest BCUT2D eigenvalue weighted by atomic mass is 10.2. The number of para-hydroxylation sites is 1. The molecule has 4 heteroatoms. The lowest BCUT2D eigenvalue weighted by molar-refractivity contribution is 0.198. The van der Waals surface area contributed by atoms with E-state index in [-0.39, 0.29) is 0 Å². The number of hydrogen-bond acceptors (Lipinski definition) is 2. The maximum Gasteiger partial charge on any atom is 0.416 e. The van der Waals surface area contributed by atoms with Crippen LogP contribution < -0.4 is 0 Å². The zero-order valence-corrected chi connectivity index (χ0v) is 8.29. The highest BCUT2D eigenvalue weighted by atomic mass is 16.4. The van der Waals surface area contributed by atoms with Gasteiger partial charge in [-0.3, -0.25) is 4.98 Å². The molecule has 0 spiro atoms. The Bertz CT molecular complexity index is 647. The Balaban J connectivity index is 2.64. The van der Waals surface area contributed by atoms with Crippen molar-refractivity contribution in [2.45, 2.75) is 0 Å². The molecule has 0 amide bonds. The van der Waals surface area contributed by atoms with Gasteiger partial charge in [0.05, 0.1) is 17.2 Å². The van der Waals surface area contributed by atoms with Gasteiger partial charge in [-0.15, -0.1) is 0 Å². The number of carboxylic acid groups (broad SMARTS) is 1. The van der Waals surface area contributed by atoms with Crippen LogP contribution in [0.25, 0.3) is 21.8 Å². The van der Waals surface area contributed by atoms with Gasteiger partial charge in [-0.2, -0.15) is 0 Å². The summed E-state index contributed by atoms with van der Waals surface area (Å²) in [7, 11) is 0. The van der Waals surface area contributed by atoms with Gasteiger partial charge in [0.25, 0.3) is 0 Å². The molecule has 0 saturated heterocycles. The van der Waals surface area contributed by atoms with Crippen LogP contribution in [0.3, 0.4) is 0 Å². The summed E-state index contributed by atoms with van der Waals surface area (Å²) in [4.78, 5) is 15.2. The molecule has 0 fully saturated rings. The van der Waals surface area contributed by atoms with Crippen LogP contribution in [0.4, 0.5) is 4.79 Å². The van der Waals surface area contributed by atoms with Gasteiger partial charge in [0.2, 0.25) is 0 Å². The van der Waals surface area contributed by atoms with Crippen LogP contribution in [0.15, 0.2) is 42.7 Å². The van der Waals surface area contributed by atoms with Crippen molar-refractivity contribution in [2.24, 2.45) is 0 Å². The quantitative estimate of drug-likeness (QED) is 0.623. The van der Waals surface area contributed by atoms with E-state index < -0.39 is 6.09 Å². The second kappa shape index (κ2) is 3.06. The highest BCUT2D eigenvalue weighted by molar-refractivity contribution is 6.11. The highest BCUT2D eigenvalue weighted by Gasteiger charge is 2.13. The second-order valence-corrected chi connectivity index (χ2v) is 3.53. The first kappa shape index (κ1) is 8.91. The fraction of sp³-hybridized carbons (Fsp3) is 0. The molecule has 1 aromatic carbocycles. The van der Waals surface area contributed by atoms with Crippen molar-refractivity contribution >= 4 is 27.9 Å². The molecule has 0 aliphatic heterocycles. The van der Waals surface area contributed by atoms with Gasteiger partial charge in [-0.25, -0.2) is 9.36 Å². The van der Waals surface area contributed by atoms with Gasteiger partial charge in [-0.05, 0) is 12.1 Å². The maximum absolute atomic E-state index is 11.2. The molecule has 0 aliphatic rings. The van der Waals surface area contributed by atoms with Gasteiger partial charge in [0.15, 0.2) is 0 Å². The largest absolute Gasteiger partial charge is 0.464 e. The number of pyridine rings is 1. The number of benzene rings is 1. The van der Waals surface area contributed by atoms with Crippen LogP contribution in [0, 0.1) is 0 Å². The number of rotatable bonds is 0. The van der Waals surface area contributed by atoms with Gasteiger partial charge >= 0.3 is 6.09 Å². The summed E-state index contributed by atoms with van der Waals surface area (Å²) in [5.41, 5.74) is 1.31. The number of nitrogens with zero attached hydrogens (tertiary/aromatic N) is 2. The molecule has 0 atom stereocenters. The molecular weight excluding hydrogens is 204 g/mol. The Kier molecular flexibility index (Phi) is 1.71. The van der Waals surface area contributed by atoms with Crippen LogP contribution in [0.5, 0.6) is 0 Å². The summed E-state index contributed by atoms with van der Waals surface area (Å²) in [5.74, 6) is 0. The minimum Gasteiger partial charge on any atom is -0.464 e. The van der Waals surface area contributed by atoms with E-state index in [0.717, 1.165) is 10.8 Å². The van der Waals surface area contributed by atoms with Crippen molar-refractivity contribution in [1.29, 1.82) is 0 Å². The summed E-state index contributed by atoms with van der Waals surface area (Å²) in [6.07, 6.45) is 2.25. The van der Waals surface area contributed by atoms with Crippen molar-refractivity contribution in [3.8, 4) is 0 Å². The zero-order chi connectivity index (χ0) is 11.1. The van der Waals surface area contributed by atoms with Crippen molar-refractivity contribution in [3.63, 3.8) is 0 Å². The molecule has 4 nitrogen and oxygen atoms in total. The monoisotopic (exact) mass is 212 g/mol. The van der Waals surface area contributed by atoms with E-state index in [4.69, 9.17) is 0 Å². The topological polar surface area (TPSA) is 55.1 Å². The molecule has 0 bridgehead atoms. The van der Waals surface area contributed by atoms with Crippen molar-refractivity contribution in [1.82, 2.24) is 9.55 Å². The van der Waals surface area contributed by atoms with Gasteiger partial charge in [0.1, 0.15) is 0 Å². The molecule has 2 aromatic heterocycles. The van der Waals surface area contributed by atoms with Crippen molar-refractivity contribution in [3.05, 3.63) is 42.7 Å². The Morgan fingerprint density at radius 1 is 1.12 bits per heavy atom. The minimum absolute atomic E-state index is 0.621. The Hall–Kier alpha value is -2.36. The molecule has 78 valence electrons. The maximum atomic E-state index is 11.2. The first-order valence-corrected chi connectivity index (χ1v) is 4.85. The zero-order valence-electron chi connectivity index (χ0n) is 8.29. The summed E-state index contributed by atoms with van der Waals surface area (Å²) in [6, 6.07) is 9.26. The van der Waals surface area contributed by atoms with Crippen LogP contribution in [0.2, 0.25) is 0 Å². The fourth-order valence-electron chi connectivity index (χ4n) is 2.02. The van der Waals surface area contributed by atoms with Crippen LogP contribution in [0.1, 0.15) is 0 Å². The lowest BCUT2D eigenvalue weighted by Gasteiger charge is -1.98. The Labute approximate surface area is 90.8 Å². The molecule has 0 aliphatic carbocycles. The first-order chi connectivity index (χ1) is 7.79. The SMILES string of the molecule is O=C(O)n1c2ccccc2c2ccncc21. The average Bonchev–Trinajstić information content (AvgIpc) is 2.63. The average molecular weight is 212 g/mol. The molecule has 0 radical (unpaired) electrons. The molecule has 3 rings (SSSR count). The van der Waals surface area contributed by atoms with Crippen LogP contribution in [-0.2, 0) is 0 Å². The van der Waals surface area contributed by atoms with Gasteiger partial charge in [-0.1, -0.05) is 18.2 Å².